The van der Waals surface area contributed by atoms with Gasteiger partial charge in [-0.1, -0.05) is 12.1 Å². The topological polar surface area (TPSA) is 65.1 Å². The molecule has 1 aromatic carbocycles. The number of benzene rings is 1. The number of hydrogen-bond acceptors (Lipinski definition) is 4. The number of para-hydroxylation sites is 2. The number of nitrogens with one attached hydrogen (secondary N) is 1. The average Bonchev–Trinajstić information content (AvgIpc) is 2.80. The number of hydrogen-bond donors (Lipinski definition) is 1. The quantitative estimate of drug-likeness (QED) is 0.807. The third kappa shape index (κ3) is 4.12. The van der Waals surface area contributed by atoms with Crippen LogP contribution in [0.25, 0.3) is 0 Å². The maximum atomic E-state index is 12.8. The average molecular weight is 427 g/mol. The number of ether oxygens (including phenoxy) is 1. The van der Waals surface area contributed by atoms with Gasteiger partial charge in [-0.2, -0.15) is 0 Å². The molecule has 0 unspecified atom stereocenters. The third-order valence-corrected chi connectivity index (χ3v) is 7.82. The molecule has 31 heavy (non-hydrogen) atoms. The van der Waals surface area contributed by atoms with Crippen molar-refractivity contribution in [1.82, 2.24) is 14.7 Å². The molecule has 168 valence electrons. The largest absolute Gasteiger partial charge is 0.495 e. The number of piperidine rings is 4. The fourth-order valence-corrected chi connectivity index (χ4v) is 6.32. The molecule has 0 spiro atoms. The lowest BCUT2D eigenvalue weighted by atomic mass is 9.75. The molecule has 4 aliphatic heterocycles. The zero-order valence-corrected chi connectivity index (χ0v) is 18.5. The molecule has 1 N–H and O–H groups in total. The van der Waals surface area contributed by atoms with Crippen LogP contribution in [0, 0.1) is 11.8 Å². The molecule has 5 rings (SSSR count). The van der Waals surface area contributed by atoms with E-state index in [2.05, 4.69) is 15.1 Å². The minimum Gasteiger partial charge on any atom is -0.495 e. The summed E-state index contributed by atoms with van der Waals surface area (Å²) >= 11 is 0. The Morgan fingerprint density at radius 2 is 1.90 bits per heavy atom. The molecule has 0 aliphatic carbocycles. The monoisotopic (exact) mass is 426 g/mol. The first-order valence-electron chi connectivity index (χ1n) is 11.8. The molecule has 2 bridgehead atoms. The molecule has 0 aromatic heterocycles. The van der Waals surface area contributed by atoms with Gasteiger partial charge >= 0.3 is 6.03 Å². The van der Waals surface area contributed by atoms with E-state index in [0.717, 1.165) is 58.4 Å². The summed E-state index contributed by atoms with van der Waals surface area (Å²) in [5.74, 6) is 2.31. The highest BCUT2D eigenvalue weighted by atomic mass is 16.5. The van der Waals surface area contributed by atoms with Crippen LogP contribution in [-0.4, -0.2) is 78.6 Å². The molecule has 4 aliphatic rings. The first-order valence-corrected chi connectivity index (χ1v) is 11.8. The lowest BCUT2D eigenvalue weighted by Crippen LogP contribution is -2.62. The van der Waals surface area contributed by atoms with Crippen molar-refractivity contribution < 1.29 is 14.3 Å². The molecular formula is C24H34N4O3. The van der Waals surface area contributed by atoms with Crippen molar-refractivity contribution in [3.63, 3.8) is 0 Å². The summed E-state index contributed by atoms with van der Waals surface area (Å²) in [4.78, 5) is 32.0. The van der Waals surface area contributed by atoms with Gasteiger partial charge in [0.05, 0.1) is 12.8 Å². The van der Waals surface area contributed by atoms with E-state index in [1.54, 1.807) is 7.11 Å². The first-order chi connectivity index (χ1) is 15.1. The Hall–Kier alpha value is -2.28. The summed E-state index contributed by atoms with van der Waals surface area (Å²) in [5, 5.41) is 3.00. The predicted octanol–water partition coefficient (Wildman–Crippen LogP) is 3.02. The van der Waals surface area contributed by atoms with Crippen LogP contribution in [0.15, 0.2) is 24.3 Å². The normalized spacial score (nSPS) is 29.5. The van der Waals surface area contributed by atoms with Gasteiger partial charge in [0.1, 0.15) is 5.75 Å². The molecule has 4 heterocycles. The maximum absolute atomic E-state index is 12.8. The Balaban J connectivity index is 1.16. The van der Waals surface area contributed by atoms with Crippen molar-refractivity contribution in [1.29, 1.82) is 0 Å². The lowest BCUT2D eigenvalue weighted by molar-refractivity contribution is -0.145. The molecule has 1 aromatic rings. The fraction of sp³-hybridized carbons (Fsp3) is 0.667. The van der Waals surface area contributed by atoms with Gasteiger partial charge in [-0.25, -0.2) is 4.79 Å². The smallest absolute Gasteiger partial charge is 0.321 e. The number of anilines is 1. The summed E-state index contributed by atoms with van der Waals surface area (Å²) in [5.41, 5.74) is 0.715. The molecule has 3 atom stereocenters. The number of fused-ring (bicyclic) bond motifs is 4. The third-order valence-electron chi connectivity index (χ3n) is 7.82. The van der Waals surface area contributed by atoms with Gasteiger partial charge in [0.2, 0.25) is 5.91 Å². The second-order valence-electron chi connectivity index (χ2n) is 9.67. The van der Waals surface area contributed by atoms with Gasteiger partial charge in [0.25, 0.3) is 0 Å². The van der Waals surface area contributed by atoms with Crippen LogP contribution < -0.4 is 10.1 Å². The second kappa shape index (κ2) is 8.69. The van der Waals surface area contributed by atoms with Crippen molar-refractivity contribution in [2.45, 2.75) is 50.6 Å². The Morgan fingerprint density at radius 1 is 1.10 bits per heavy atom. The fourth-order valence-electron chi connectivity index (χ4n) is 6.32. The molecule has 7 heteroatoms. The molecule has 4 saturated heterocycles. The number of nitrogens with zero attached hydrogens (tertiary/aromatic N) is 3. The van der Waals surface area contributed by atoms with Gasteiger partial charge in [0, 0.05) is 51.2 Å². The zero-order chi connectivity index (χ0) is 21.4. The van der Waals surface area contributed by atoms with E-state index in [1.807, 2.05) is 29.2 Å². The van der Waals surface area contributed by atoms with E-state index < -0.39 is 0 Å². The number of rotatable bonds is 3. The van der Waals surface area contributed by atoms with Crippen LogP contribution in [0.3, 0.4) is 0 Å². The predicted molar refractivity (Wildman–Crippen MR) is 119 cm³/mol. The van der Waals surface area contributed by atoms with E-state index >= 15 is 0 Å². The molecular weight excluding hydrogens is 392 g/mol. The van der Waals surface area contributed by atoms with Gasteiger partial charge < -0.3 is 19.9 Å². The van der Waals surface area contributed by atoms with Gasteiger partial charge in [-0.05, 0) is 56.1 Å². The highest BCUT2D eigenvalue weighted by Gasteiger charge is 2.45. The number of methoxy groups -OCH3 is 1. The SMILES string of the molecule is COc1ccccc1NC(=O)N1CCC(N2C[C@H]3C[C@H](C2)[C@H]2CCCC(=O)N2C3)CC1. The van der Waals surface area contributed by atoms with Crippen molar-refractivity contribution in [2.75, 3.05) is 45.2 Å². The van der Waals surface area contributed by atoms with Gasteiger partial charge in [-0.15, -0.1) is 0 Å². The van der Waals surface area contributed by atoms with Crippen LogP contribution in [0.1, 0.15) is 38.5 Å². The van der Waals surface area contributed by atoms with Gasteiger partial charge in [0.15, 0.2) is 0 Å². The van der Waals surface area contributed by atoms with Crippen molar-refractivity contribution in [3.8, 4) is 5.75 Å². The van der Waals surface area contributed by atoms with Crippen LogP contribution in [-0.2, 0) is 4.79 Å². The minimum atomic E-state index is -0.0465. The molecule has 4 fully saturated rings. The standard InChI is InChI=1S/C24H34N4O3/c1-31-22-7-3-2-5-20(22)25-24(30)26-11-9-19(10-12-26)27-14-17-13-18(16-27)21-6-4-8-23(29)28(21)15-17/h2-3,5,7,17-19,21H,4,6,8-16H2,1H3,(H,25,30)/t17-,18-,21-/m1/s1. The molecule has 3 amide bonds. The highest BCUT2D eigenvalue weighted by Crippen LogP contribution is 2.39. The Bertz CT molecular complexity index is 823. The Labute approximate surface area is 184 Å². The van der Waals surface area contributed by atoms with E-state index in [1.165, 1.54) is 12.8 Å². The van der Waals surface area contributed by atoms with Crippen molar-refractivity contribution in [2.24, 2.45) is 11.8 Å². The molecule has 0 radical (unpaired) electrons. The molecule has 0 saturated carbocycles. The highest BCUT2D eigenvalue weighted by molar-refractivity contribution is 5.91. The number of urea groups is 1. The van der Waals surface area contributed by atoms with Crippen LogP contribution >= 0.6 is 0 Å². The van der Waals surface area contributed by atoms with Crippen molar-refractivity contribution in [3.05, 3.63) is 24.3 Å². The van der Waals surface area contributed by atoms with E-state index in [9.17, 15) is 9.59 Å². The minimum absolute atomic E-state index is 0.0465. The lowest BCUT2D eigenvalue weighted by Gasteiger charge is -2.54. The number of amides is 3. The summed E-state index contributed by atoms with van der Waals surface area (Å²) < 4.78 is 5.35. The van der Waals surface area contributed by atoms with Crippen LogP contribution in [0.4, 0.5) is 10.5 Å². The van der Waals surface area contributed by atoms with Crippen molar-refractivity contribution >= 4 is 17.6 Å². The molecule has 7 nitrogen and oxygen atoms in total. The Morgan fingerprint density at radius 3 is 2.71 bits per heavy atom. The van der Waals surface area contributed by atoms with E-state index in [4.69, 9.17) is 4.74 Å². The number of carbonyl (C=O) groups is 2. The summed E-state index contributed by atoms with van der Waals surface area (Å²) in [7, 11) is 1.62. The first kappa shape index (κ1) is 20.6. The summed E-state index contributed by atoms with van der Waals surface area (Å²) in [6.45, 7) is 4.74. The van der Waals surface area contributed by atoms with E-state index in [-0.39, 0.29) is 6.03 Å². The van der Waals surface area contributed by atoms with Crippen LogP contribution in [0.2, 0.25) is 0 Å². The second-order valence-corrected chi connectivity index (χ2v) is 9.67. The maximum Gasteiger partial charge on any atom is 0.321 e. The van der Waals surface area contributed by atoms with Gasteiger partial charge in [-0.3, -0.25) is 9.69 Å². The Kier molecular flexibility index (Phi) is 5.78. The number of carbonyl (C=O) groups excluding carboxylic acids is 2. The number of likely N-dealkylation sites (tertiary alicyclic amines) is 2. The zero-order valence-electron chi connectivity index (χ0n) is 18.5. The summed E-state index contributed by atoms with van der Waals surface area (Å²) in [6, 6.07) is 8.49. The van der Waals surface area contributed by atoms with E-state index in [0.29, 0.717) is 41.3 Å². The van der Waals surface area contributed by atoms with Crippen LogP contribution in [0.5, 0.6) is 5.75 Å². The summed E-state index contributed by atoms with van der Waals surface area (Å²) in [6.07, 6.45) is 6.30.